The summed E-state index contributed by atoms with van der Waals surface area (Å²) in [5.41, 5.74) is 6.09. The first kappa shape index (κ1) is 13.6. The number of amides is 1. The Labute approximate surface area is 120 Å². The van der Waals surface area contributed by atoms with Crippen molar-refractivity contribution >= 4 is 28.5 Å². The molecule has 0 radical (unpaired) electrons. The third kappa shape index (κ3) is 2.77. The van der Waals surface area contributed by atoms with Crippen LogP contribution in [0.4, 0.5) is 0 Å². The third-order valence-corrected chi connectivity index (χ3v) is 4.09. The van der Waals surface area contributed by atoms with E-state index in [-0.39, 0.29) is 17.7 Å². The fraction of sp³-hybridized carbons (Fsp3) is 0.462. The van der Waals surface area contributed by atoms with Crippen LogP contribution in [0.25, 0.3) is 0 Å². The number of halogens is 1. The zero-order valence-corrected chi connectivity index (χ0v) is 12.4. The van der Waals surface area contributed by atoms with Gasteiger partial charge in [0, 0.05) is 23.2 Å². The fourth-order valence-electron chi connectivity index (χ4n) is 2.17. The smallest absolute Gasteiger partial charge is 0.257 e. The minimum atomic E-state index is -0.159. The van der Waals surface area contributed by atoms with E-state index >= 15 is 0 Å². The lowest BCUT2D eigenvalue weighted by molar-refractivity contribution is 0.0715. The molecular weight excluding hydrogens is 343 g/mol. The Balaban J connectivity index is 2.21. The van der Waals surface area contributed by atoms with Gasteiger partial charge in [0.2, 0.25) is 0 Å². The Morgan fingerprint density at radius 3 is 2.83 bits per heavy atom. The van der Waals surface area contributed by atoms with Crippen LogP contribution in [-0.4, -0.2) is 35.5 Å². The lowest BCUT2D eigenvalue weighted by Crippen LogP contribution is -2.43. The molecule has 3 N–H and O–H groups in total. The summed E-state index contributed by atoms with van der Waals surface area (Å²) in [6.45, 7) is 0.470. The van der Waals surface area contributed by atoms with Crippen LogP contribution in [0.5, 0.6) is 5.75 Å². The van der Waals surface area contributed by atoms with E-state index in [1.54, 1.807) is 30.1 Å². The maximum atomic E-state index is 12.4. The molecule has 0 saturated heterocycles. The van der Waals surface area contributed by atoms with Crippen molar-refractivity contribution in [3.63, 3.8) is 0 Å². The Morgan fingerprint density at radius 2 is 2.28 bits per heavy atom. The molecule has 1 aromatic rings. The summed E-state index contributed by atoms with van der Waals surface area (Å²) in [6, 6.07) is 5.11. The largest absolute Gasteiger partial charge is 0.507 e. The van der Waals surface area contributed by atoms with Crippen LogP contribution in [0.3, 0.4) is 0 Å². The molecule has 0 aliphatic heterocycles. The standard InChI is InChI=1S/C13H17IN2O2/c1-16(11(7-15)8-2-3-8)13(18)10-6-9(14)4-5-12(10)17/h4-6,8,11,17H,2-3,7,15H2,1H3. The number of hydrogen-bond donors (Lipinski definition) is 2. The van der Waals surface area contributed by atoms with E-state index in [9.17, 15) is 9.90 Å². The minimum Gasteiger partial charge on any atom is -0.507 e. The molecule has 0 spiro atoms. The number of benzene rings is 1. The molecule has 0 aromatic heterocycles. The van der Waals surface area contributed by atoms with Gasteiger partial charge in [-0.3, -0.25) is 4.79 Å². The summed E-state index contributed by atoms with van der Waals surface area (Å²) in [5, 5.41) is 9.78. The number of phenolic OH excluding ortho intramolecular Hbond substituents is 1. The molecule has 18 heavy (non-hydrogen) atoms. The second kappa shape index (κ2) is 5.44. The average molecular weight is 360 g/mol. The van der Waals surface area contributed by atoms with Crippen molar-refractivity contribution in [1.82, 2.24) is 4.90 Å². The van der Waals surface area contributed by atoms with Gasteiger partial charge in [-0.25, -0.2) is 0 Å². The summed E-state index contributed by atoms with van der Waals surface area (Å²) in [7, 11) is 1.76. The molecule has 5 heteroatoms. The topological polar surface area (TPSA) is 66.6 Å². The zero-order valence-electron chi connectivity index (χ0n) is 10.3. The first-order chi connectivity index (χ1) is 8.54. The Morgan fingerprint density at radius 1 is 1.61 bits per heavy atom. The van der Waals surface area contributed by atoms with Crippen molar-refractivity contribution in [3.05, 3.63) is 27.3 Å². The van der Waals surface area contributed by atoms with Gasteiger partial charge in [-0.15, -0.1) is 0 Å². The van der Waals surface area contributed by atoms with Crippen molar-refractivity contribution in [2.75, 3.05) is 13.6 Å². The van der Waals surface area contributed by atoms with Crippen molar-refractivity contribution in [2.24, 2.45) is 11.7 Å². The molecule has 0 heterocycles. The third-order valence-electron chi connectivity index (χ3n) is 3.41. The SMILES string of the molecule is CN(C(=O)c1cc(I)ccc1O)C(CN)C1CC1. The number of rotatable bonds is 4. The van der Waals surface area contributed by atoms with E-state index in [4.69, 9.17) is 5.73 Å². The molecule has 4 nitrogen and oxygen atoms in total. The number of aromatic hydroxyl groups is 1. The molecule has 1 aromatic carbocycles. The number of nitrogens with zero attached hydrogens (tertiary/aromatic N) is 1. The Hall–Kier alpha value is -0.820. The highest BCUT2D eigenvalue weighted by Crippen LogP contribution is 2.35. The predicted octanol–water partition coefficient (Wildman–Crippen LogP) is 1.81. The maximum absolute atomic E-state index is 12.4. The van der Waals surface area contributed by atoms with Crippen LogP contribution < -0.4 is 5.73 Å². The summed E-state index contributed by atoms with van der Waals surface area (Å²) in [6.07, 6.45) is 2.27. The first-order valence-electron chi connectivity index (χ1n) is 6.00. The summed E-state index contributed by atoms with van der Waals surface area (Å²) >= 11 is 2.12. The highest BCUT2D eigenvalue weighted by Gasteiger charge is 2.35. The number of phenols is 1. The van der Waals surface area contributed by atoms with E-state index in [2.05, 4.69) is 22.6 Å². The van der Waals surface area contributed by atoms with Gasteiger partial charge in [-0.1, -0.05) is 0 Å². The number of hydrogen-bond acceptors (Lipinski definition) is 3. The molecular formula is C13H17IN2O2. The Kier molecular flexibility index (Phi) is 4.11. The summed E-state index contributed by atoms with van der Waals surface area (Å²) < 4.78 is 0.929. The van der Waals surface area contributed by atoms with Crippen LogP contribution in [0, 0.1) is 9.49 Å². The van der Waals surface area contributed by atoms with E-state index in [0.29, 0.717) is 18.0 Å². The number of likely N-dealkylation sites (N-methyl/N-ethyl adjacent to an activating group) is 1. The number of nitrogens with two attached hydrogens (primary N) is 1. The van der Waals surface area contributed by atoms with E-state index in [1.165, 1.54) is 0 Å². The van der Waals surface area contributed by atoms with Gasteiger partial charge in [0.05, 0.1) is 5.56 Å². The highest BCUT2D eigenvalue weighted by atomic mass is 127. The summed E-state index contributed by atoms with van der Waals surface area (Å²) in [5.74, 6) is 0.390. The Bertz CT molecular complexity index is 460. The second-order valence-corrected chi connectivity index (χ2v) is 5.96. The maximum Gasteiger partial charge on any atom is 0.257 e. The van der Waals surface area contributed by atoms with Gasteiger partial charge in [-0.2, -0.15) is 0 Å². The highest BCUT2D eigenvalue weighted by molar-refractivity contribution is 14.1. The van der Waals surface area contributed by atoms with Crippen LogP contribution in [0.2, 0.25) is 0 Å². The molecule has 1 saturated carbocycles. The van der Waals surface area contributed by atoms with Crippen LogP contribution in [-0.2, 0) is 0 Å². The van der Waals surface area contributed by atoms with Gasteiger partial charge in [0.25, 0.3) is 5.91 Å². The van der Waals surface area contributed by atoms with Crippen LogP contribution >= 0.6 is 22.6 Å². The molecule has 1 unspecified atom stereocenters. The summed E-state index contributed by atoms with van der Waals surface area (Å²) in [4.78, 5) is 14.0. The minimum absolute atomic E-state index is 0.0267. The normalized spacial score (nSPS) is 16.4. The van der Waals surface area contributed by atoms with Crippen LogP contribution in [0.1, 0.15) is 23.2 Å². The monoisotopic (exact) mass is 360 g/mol. The zero-order chi connectivity index (χ0) is 13.3. The van der Waals surface area contributed by atoms with Crippen molar-refractivity contribution in [1.29, 1.82) is 0 Å². The molecule has 1 aliphatic carbocycles. The molecule has 1 fully saturated rings. The van der Waals surface area contributed by atoms with Gasteiger partial charge >= 0.3 is 0 Å². The van der Waals surface area contributed by atoms with Gasteiger partial charge in [-0.05, 0) is 59.5 Å². The fourth-order valence-corrected chi connectivity index (χ4v) is 2.66. The molecule has 1 atom stereocenters. The van der Waals surface area contributed by atoms with E-state index < -0.39 is 0 Å². The molecule has 2 rings (SSSR count). The first-order valence-corrected chi connectivity index (χ1v) is 7.08. The van der Waals surface area contributed by atoms with Crippen molar-refractivity contribution in [3.8, 4) is 5.75 Å². The second-order valence-electron chi connectivity index (χ2n) is 4.72. The predicted molar refractivity (Wildman–Crippen MR) is 78.5 cm³/mol. The van der Waals surface area contributed by atoms with Crippen molar-refractivity contribution < 1.29 is 9.90 Å². The number of carbonyl (C=O) groups is 1. The van der Waals surface area contributed by atoms with Gasteiger partial charge in [0.1, 0.15) is 5.75 Å². The average Bonchev–Trinajstić information content (AvgIpc) is 3.16. The van der Waals surface area contributed by atoms with Crippen LogP contribution in [0.15, 0.2) is 18.2 Å². The quantitative estimate of drug-likeness (QED) is 0.805. The molecule has 0 bridgehead atoms. The van der Waals surface area contributed by atoms with E-state index in [0.717, 1.165) is 16.4 Å². The van der Waals surface area contributed by atoms with Gasteiger partial charge in [0.15, 0.2) is 0 Å². The van der Waals surface area contributed by atoms with Gasteiger partial charge < -0.3 is 15.7 Å². The molecule has 1 aliphatic rings. The molecule has 1 amide bonds. The van der Waals surface area contributed by atoms with E-state index in [1.807, 2.05) is 0 Å². The number of carbonyl (C=O) groups excluding carboxylic acids is 1. The lowest BCUT2D eigenvalue weighted by Gasteiger charge is -2.27. The molecule has 98 valence electrons. The lowest BCUT2D eigenvalue weighted by atomic mass is 10.1. The van der Waals surface area contributed by atoms with Crippen molar-refractivity contribution in [2.45, 2.75) is 18.9 Å².